The summed E-state index contributed by atoms with van der Waals surface area (Å²) >= 11 is 1.42. The second kappa shape index (κ2) is 5.19. The van der Waals surface area contributed by atoms with Crippen LogP contribution in [0.25, 0.3) is 0 Å². The maximum Gasteiger partial charge on any atom is 0.173 e. The average molecular weight is 250 g/mol. The summed E-state index contributed by atoms with van der Waals surface area (Å²) in [7, 11) is 0. The topological polar surface area (TPSA) is 30.2 Å². The normalized spacial score (nSPS) is 10.5. The highest BCUT2D eigenvalue weighted by Crippen LogP contribution is 2.23. The summed E-state index contributed by atoms with van der Waals surface area (Å²) < 4.78 is 17.8. The van der Waals surface area contributed by atoms with E-state index in [1.807, 2.05) is 13.0 Å². The van der Waals surface area contributed by atoms with Crippen LogP contribution < -0.4 is 0 Å². The molecule has 1 aromatic carbocycles. The number of furan rings is 1. The standard InChI is InChI=1S/C13H11FO2S/c1-9-13(6-7-16-9)17-8-12(15)10-2-4-11(14)5-3-10/h2-7H,8H2,1H3. The van der Waals surface area contributed by atoms with Crippen LogP contribution in [0, 0.1) is 12.7 Å². The molecular formula is C13H11FO2S. The van der Waals surface area contributed by atoms with Gasteiger partial charge in [0, 0.05) is 10.5 Å². The highest BCUT2D eigenvalue weighted by atomic mass is 32.2. The lowest BCUT2D eigenvalue weighted by atomic mass is 10.1. The third-order valence-electron chi connectivity index (χ3n) is 2.34. The molecule has 2 rings (SSSR count). The predicted molar refractivity (Wildman–Crippen MR) is 64.9 cm³/mol. The summed E-state index contributed by atoms with van der Waals surface area (Å²) in [5.41, 5.74) is 0.528. The van der Waals surface area contributed by atoms with Gasteiger partial charge in [-0.1, -0.05) is 0 Å². The van der Waals surface area contributed by atoms with Crippen molar-refractivity contribution in [2.45, 2.75) is 11.8 Å². The number of rotatable bonds is 4. The zero-order valence-corrected chi connectivity index (χ0v) is 10.1. The number of ketones is 1. The quantitative estimate of drug-likeness (QED) is 0.612. The Balaban J connectivity index is 1.98. The molecule has 1 aromatic heterocycles. The number of Topliss-reactive ketones (excluding diaryl/α,β-unsaturated/α-hetero) is 1. The van der Waals surface area contributed by atoms with E-state index in [1.165, 1.54) is 36.0 Å². The molecule has 0 aliphatic rings. The molecular weight excluding hydrogens is 239 g/mol. The van der Waals surface area contributed by atoms with E-state index in [0.29, 0.717) is 11.3 Å². The molecule has 0 aliphatic heterocycles. The molecule has 2 aromatic rings. The highest BCUT2D eigenvalue weighted by molar-refractivity contribution is 8.00. The third-order valence-corrected chi connectivity index (χ3v) is 3.48. The van der Waals surface area contributed by atoms with Gasteiger partial charge in [-0.25, -0.2) is 4.39 Å². The Bertz CT molecular complexity index is 516. The average Bonchev–Trinajstić information content (AvgIpc) is 2.73. The molecule has 0 bridgehead atoms. The number of benzene rings is 1. The van der Waals surface area contributed by atoms with Gasteiger partial charge in [-0.3, -0.25) is 4.79 Å². The first-order valence-electron chi connectivity index (χ1n) is 5.12. The fourth-order valence-corrected chi connectivity index (χ4v) is 2.24. The van der Waals surface area contributed by atoms with Crippen LogP contribution >= 0.6 is 11.8 Å². The summed E-state index contributed by atoms with van der Waals surface area (Å²) in [5.74, 6) is 0.781. The number of carbonyl (C=O) groups excluding carboxylic acids is 1. The molecule has 0 fully saturated rings. The van der Waals surface area contributed by atoms with Gasteiger partial charge in [0.05, 0.1) is 12.0 Å². The van der Waals surface area contributed by atoms with Crippen LogP contribution in [-0.4, -0.2) is 11.5 Å². The second-order valence-corrected chi connectivity index (χ2v) is 4.58. The molecule has 0 radical (unpaired) electrons. The van der Waals surface area contributed by atoms with Crippen LogP contribution in [0.15, 0.2) is 45.9 Å². The van der Waals surface area contributed by atoms with Gasteiger partial charge in [0.25, 0.3) is 0 Å². The number of carbonyl (C=O) groups is 1. The lowest BCUT2D eigenvalue weighted by molar-refractivity contribution is 0.102. The third kappa shape index (κ3) is 2.97. The van der Waals surface area contributed by atoms with Crippen LogP contribution in [0.3, 0.4) is 0 Å². The smallest absolute Gasteiger partial charge is 0.173 e. The van der Waals surface area contributed by atoms with Crippen molar-refractivity contribution in [2.75, 3.05) is 5.75 Å². The largest absolute Gasteiger partial charge is 0.468 e. The van der Waals surface area contributed by atoms with Gasteiger partial charge in [-0.05, 0) is 37.3 Å². The van der Waals surface area contributed by atoms with Gasteiger partial charge in [0.2, 0.25) is 0 Å². The van der Waals surface area contributed by atoms with Gasteiger partial charge < -0.3 is 4.42 Å². The minimum atomic E-state index is -0.333. The van der Waals surface area contributed by atoms with E-state index < -0.39 is 0 Å². The number of hydrogen-bond donors (Lipinski definition) is 0. The van der Waals surface area contributed by atoms with Crippen molar-refractivity contribution >= 4 is 17.5 Å². The minimum absolute atomic E-state index is 0.0180. The number of halogens is 1. The first kappa shape index (κ1) is 11.9. The number of hydrogen-bond acceptors (Lipinski definition) is 3. The van der Waals surface area contributed by atoms with Crippen LogP contribution in [0.1, 0.15) is 16.1 Å². The lowest BCUT2D eigenvalue weighted by Gasteiger charge is -2.00. The summed E-state index contributed by atoms with van der Waals surface area (Å²) in [4.78, 5) is 12.7. The van der Waals surface area contributed by atoms with Crippen molar-refractivity contribution in [1.82, 2.24) is 0 Å². The molecule has 0 N–H and O–H groups in total. The molecule has 0 spiro atoms. The van der Waals surface area contributed by atoms with Crippen molar-refractivity contribution in [3.8, 4) is 0 Å². The molecule has 0 saturated heterocycles. The fourth-order valence-electron chi connectivity index (χ4n) is 1.39. The zero-order chi connectivity index (χ0) is 12.3. The maximum absolute atomic E-state index is 12.7. The summed E-state index contributed by atoms with van der Waals surface area (Å²) in [6.07, 6.45) is 1.60. The minimum Gasteiger partial charge on any atom is -0.468 e. The Morgan fingerprint density at radius 1 is 1.29 bits per heavy atom. The molecule has 0 aliphatic carbocycles. The molecule has 0 unspecified atom stereocenters. The van der Waals surface area contributed by atoms with E-state index in [0.717, 1.165) is 10.7 Å². The Morgan fingerprint density at radius 3 is 2.59 bits per heavy atom. The van der Waals surface area contributed by atoms with Crippen molar-refractivity contribution in [1.29, 1.82) is 0 Å². The zero-order valence-electron chi connectivity index (χ0n) is 9.27. The Morgan fingerprint density at radius 2 is 2.00 bits per heavy atom. The van der Waals surface area contributed by atoms with E-state index in [1.54, 1.807) is 6.26 Å². The van der Waals surface area contributed by atoms with E-state index in [4.69, 9.17) is 4.42 Å². The van der Waals surface area contributed by atoms with Crippen molar-refractivity contribution in [3.63, 3.8) is 0 Å². The number of aryl methyl sites for hydroxylation is 1. The monoisotopic (exact) mass is 250 g/mol. The molecule has 88 valence electrons. The summed E-state index contributed by atoms with van der Waals surface area (Å²) in [6, 6.07) is 7.42. The molecule has 4 heteroatoms. The summed E-state index contributed by atoms with van der Waals surface area (Å²) in [6.45, 7) is 1.85. The Hall–Kier alpha value is -1.55. The van der Waals surface area contributed by atoms with E-state index in [2.05, 4.69) is 0 Å². The van der Waals surface area contributed by atoms with Crippen molar-refractivity contribution < 1.29 is 13.6 Å². The predicted octanol–water partition coefficient (Wildman–Crippen LogP) is 3.70. The van der Waals surface area contributed by atoms with Gasteiger partial charge >= 0.3 is 0 Å². The SMILES string of the molecule is Cc1occc1SCC(=O)c1ccc(F)cc1. The van der Waals surface area contributed by atoms with Crippen molar-refractivity contribution in [3.05, 3.63) is 53.7 Å². The first-order valence-corrected chi connectivity index (χ1v) is 6.11. The lowest BCUT2D eigenvalue weighted by Crippen LogP contribution is -2.02. The van der Waals surface area contributed by atoms with E-state index >= 15 is 0 Å². The maximum atomic E-state index is 12.7. The second-order valence-electron chi connectivity index (χ2n) is 3.56. The van der Waals surface area contributed by atoms with Gasteiger partial charge in [-0.2, -0.15) is 0 Å². The fraction of sp³-hybridized carbons (Fsp3) is 0.154. The van der Waals surface area contributed by atoms with E-state index in [9.17, 15) is 9.18 Å². The van der Waals surface area contributed by atoms with Crippen LogP contribution in [0.5, 0.6) is 0 Å². The molecule has 0 saturated carbocycles. The Kier molecular flexibility index (Phi) is 3.64. The highest BCUT2D eigenvalue weighted by Gasteiger charge is 2.09. The Labute approximate surface area is 103 Å². The van der Waals surface area contributed by atoms with Gasteiger partial charge in [0.15, 0.2) is 5.78 Å². The first-order chi connectivity index (χ1) is 8.16. The van der Waals surface area contributed by atoms with Crippen LogP contribution in [-0.2, 0) is 0 Å². The molecule has 0 atom stereocenters. The summed E-state index contributed by atoms with van der Waals surface area (Å²) in [5, 5.41) is 0. The molecule has 17 heavy (non-hydrogen) atoms. The van der Waals surface area contributed by atoms with Crippen molar-refractivity contribution in [2.24, 2.45) is 0 Å². The van der Waals surface area contributed by atoms with Crippen LogP contribution in [0.2, 0.25) is 0 Å². The number of thioether (sulfide) groups is 1. The molecule has 1 heterocycles. The van der Waals surface area contributed by atoms with Gasteiger partial charge in [-0.15, -0.1) is 11.8 Å². The van der Waals surface area contributed by atoms with E-state index in [-0.39, 0.29) is 11.6 Å². The molecule has 2 nitrogen and oxygen atoms in total. The van der Waals surface area contributed by atoms with Gasteiger partial charge in [0.1, 0.15) is 11.6 Å². The molecule has 0 amide bonds. The van der Waals surface area contributed by atoms with Crippen LogP contribution in [0.4, 0.5) is 4.39 Å².